The summed E-state index contributed by atoms with van der Waals surface area (Å²) >= 11 is 0. The molecule has 0 saturated heterocycles. The Kier molecular flexibility index (Phi) is 3.86. The summed E-state index contributed by atoms with van der Waals surface area (Å²) < 4.78 is 0. The highest BCUT2D eigenvalue weighted by atomic mass is 16.3. The van der Waals surface area contributed by atoms with E-state index >= 15 is 0 Å². The molecular formula is C19H20N4O. The molecule has 0 amide bonds. The number of benzene rings is 1. The summed E-state index contributed by atoms with van der Waals surface area (Å²) in [4.78, 5) is 13.5. The number of pyridine rings is 1. The fourth-order valence-electron chi connectivity index (χ4n) is 3.29. The number of para-hydroxylation sites is 1. The zero-order chi connectivity index (χ0) is 16.4. The molecule has 2 aromatic heterocycles. The lowest BCUT2D eigenvalue weighted by atomic mass is 10.0. The number of hydrogen-bond acceptors (Lipinski definition) is 5. The van der Waals surface area contributed by atoms with Crippen LogP contribution < -0.4 is 5.32 Å². The van der Waals surface area contributed by atoms with Gasteiger partial charge in [0.15, 0.2) is 5.82 Å². The normalized spacial score (nSPS) is 16.4. The Bertz CT molecular complexity index is 844. The number of rotatable bonds is 4. The molecule has 1 aliphatic rings. The maximum atomic E-state index is 10.6. The van der Waals surface area contributed by atoms with Gasteiger partial charge in [-0.05, 0) is 37.1 Å². The molecule has 1 aromatic carbocycles. The summed E-state index contributed by atoms with van der Waals surface area (Å²) in [5.41, 5.74) is 1.14. The van der Waals surface area contributed by atoms with Crippen LogP contribution in [0.15, 0.2) is 48.8 Å². The van der Waals surface area contributed by atoms with Crippen LogP contribution in [0.4, 0.5) is 5.82 Å². The Labute approximate surface area is 140 Å². The Balaban J connectivity index is 1.72. The average molecular weight is 320 g/mol. The van der Waals surface area contributed by atoms with E-state index in [1.54, 1.807) is 12.4 Å². The van der Waals surface area contributed by atoms with E-state index in [-0.39, 0.29) is 0 Å². The Hall–Kier alpha value is -2.53. The zero-order valence-electron chi connectivity index (χ0n) is 13.4. The van der Waals surface area contributed by atoms with Gasteiger partial charge in [-0.3, -0.25) is 4.98 Å². The van der Waals surface area contributed by atoms with Crippen molar-refractivity contribution in [2.75, 3.05) is 11.9 Å². The number of anilines is 1. The van der Waals surface area contributed by atoms with Gasteiger partial charge in [-0.15, -0.1) is 0 Å². The molecule has 5 nitrogen and oxygen atoms in total. The predicted octanol–water partition coefficient (Wildman–Crippen LogP) is 3.41. The molecule has 122 valence electrons. The van der Waals surface area contributed by atoms with E-state index in [0.29, 0.717) is 12.4 Å². The van der Waals surface area contributed by atoms with Crippen molar-refractivity contribution in [3.8, 4) is 11.4 Å². The van der Waals surface area contributed by atoms with Crippen LogP contribution in [0.3, 0.4) is 0 Å². The van der Waals surface area contributed by atoms with Crippen LogP contribution in [0.1, 0.15) is 25.7 Å². The van der Waals surface area contributed by atoms with Crippen molar-refractivity contribution in [1.29, 1.82) is 0 Å². The van der Waals surface area contributed by atoms with Gasteiger partial charge in [-0.2, -0.15) is 0 Å². The monoisotopic (exact) mass is 320 g/mol. The van der Waals surface area contributed by atoms with Crippen molar-refractivity contribution in [2.45, 2.75) is 31.3 Å². The van der Waals surface area contributed by atoms with Crippen LogP contribution in [0.25, 0.3) is 22.3 Å². The molecule has 0 bridgehead atoms. The van der Waals surface area contributed by atoms with E-state index in [2.05, 4.69) is 20.3 Å². The van der Waals surface area contributed by atoms with E-state index in [1.807, 2.05) is 36.4 Å². The second-order valence-corrected chi connectivity index (χ2v) is 6.44. The summed E-state index contributed by atoms with van der Waals surface area (Å²) in [6.45, 7) is 0.514. The van der Waals surface area contributed by atoms with Gasteiger partial charge in [0, 0.05) is 29.9 Å². The maximum absolute atomic E-state index is 10.6. The van der Waals surface area contributed by atoms with Crippen molar-refractivity contribution >= 4 is 16.7 Å². The van der Waals surface area contributed by atoms with Gasteiger partial charge in [0.05, 0.1) is 11.1 Å². The van der Waals surface area contributed by atoms with E-state index in [9.17, 15) is 5.11 Å². The van der Waals surface area contributed by atoms with Gasteiger partial charge in [-0.25, -0.2) is 9.97 Å². The molecule has 0 unspecified atom stereocenters. The molecule has 4 rings (SSSR count). The lowest BCUT2D eigenvalue weighted by Crippen LogP contribution is -2.33. The summed E-state index contributed by atoms with van der Waals surface area (Å²) in [7, 11) is 0. The van der Waals surface area contributed by atoms with Crippen LogP contribution in [-0.2, 0) is 0 Å². The number of fused-ring (bicyclic) bond motifs is 1. The number of nitrogens with zero attached hydrogens (tertiary/aromatic N) is 3. The Morgan fingerprint density at radius 3 is 2.67 bits per heavy atom. The second kappa shape index (κ2) is 6.17. The van der Waals surface area contributed by atoms with E-state index in [0.717, 1.165) is 48.0 Å². The average Bonchev–Trinajstić information content (AvgIpc) is 3.07. The molecule has 1 fully saturated rings. The first kappa shape index (κ1) is 15.0. The SMILES string of the molecule is OC1(CNc2nc(-c3cccnc3)nc3ccccc23)CCCC1. The van der Waals surface area contributed by atoms with Gasteiger partial charge >= 0.3 is 0 Å². The standard InChI is InChI=1S/C19H20N4O/c24-19(9-3-4-10-19)13-21-18-15-7-1-2-8-16(15)22-17(23-18)14-6-5-11-20-12-14/h1-2,5-8,11-12,24H,3-4,9-10,13H2,(H,21,22,23). The van der Waals surface area contributed by atoms with Gasteiger partial charge in [0.2, 0.25) is 0 Å². The lowest BCUT2D eigenvalue weighted by molar-refractivity contribution is 0.0614. The molecule has 3 aromatic rings. The maximum Gasteiger partial charge on any atom is 0.163 e. The summed E-state index contributed by atoms with van der Waals surface area (Å²) in [6, 6.07) is 11.8. The topological polar surface area (TPSA) is 70.9 Å². The predicted molar refractivity (Wildman–Crippen MR) is 94.7 cm³/mol. The van der Waals surface area contributed by atoms with E-state index in [1.165, 1.54) is 0 Å². The first-order valence-electron chi connectivity index (χ1n) is 8.37. The molecule has 24 heavy (non-hydrogen) atoms. The molecule has 5 heteroatoms. The van der Waals surface area contributed by atoms with Crippen LogP contribution in [-0.4, -0.2) is 32.2 Å². The highest BCUT2D eigenvalue weighted by Gasteiger charge is 2.31. The van der Waals surface area contributed by atoms with Gasteiger partial charge in [0.25, 0.3) is 0 Å². The summed E-state index contributed by atoms with van der Waals surface area (Å²) in [6.07, 6.45) is 7.36. The first-order chi connectivity index (χ1) is 11.7. The van der Waals surface area contributed by atoms with Crippen LogP contribution in [0, 0.1) is 0 Å². The minimum absolute atomic E-state index is 0.514. The number of aliphatic hydroxyl groups is 1. The first-order valence-corrected chi connectivity index (χ1v) is 8.37. The van der Waals surface area contributed by atoms with E-state index < -0.39 is 5.60 Å². The summed E-state index contributed by atoms with van der Waals surface area (Å²) in [5, 5.41) is 14.9. The highest BCUT2D eigenvalue weighted by Crippen LogP contribution is 2.31. The molecule has 0 aliphatic heterocycles. The van der Waals surface area contributed by atoms with Crippen molar-refractivity contribution in [1.82, 2.24) is 15.0 Å². The quantitative estimate of drug-likeness (QED) is 0.771. The fourth-order valence-corrected chi connectivity index (χ4v) is 3.29. The van der Waals surface area contributed by atoms with Crippen molar-refractivity contribution in [3.63, 3.8) is 0 Å². The van der Waals surface area contributed by atoms with Crippen LogP contribution in [0.2, 0.25) is 0 Å². The molecule has 0 spiro atoms. The van der Waals surface area contributed by atoms with Crippen molar-refractivity contribution in [3.05, 3.63) is 48.8 Å². The lowest BCUT2D eigenvalue weighted by Gasteiger charge is -2.23. The third kappa shape index (κ3) is 2.95. The number of aromatic nitrogens is 3. The summed E-state index contributed by atoms with van der Waals surface area (Å²) in [5.74, 6) is 1.41. The Morgan fingerprint density at radius 1 is 1.04 bits per heavy atom. The van der Waals surface area contributed by atoms with Gasteiger partial charge < -0.3 is 10.4 Å². The Morgan fingerprint density at radius 2 is 1.88 bits per heavy atom. The fraction of sp³-hybridized carbons (Fsp3) is 0.316. The third-order valence-electron chi connectivity index (χ3n) is 4.64. The highest BCUT2D eigenvalue weighted by molar-refractivity contribution is 5.90. The minimum atomic E-state index is -0.624. The van der Waals surface area contributed by atoms with E-state index in [4.69, 9.17) is 0 Å². The van der Waals surface area contributed by atoms with Crippen LogP contribution >= 0.6 is 0 Å². The second-order valence-electron chi connectivity index (χ2n) is 6.44. The number of nitrogens with one attached hydrogen (secondary N) is 1. The molecule has 2 N–H and O–H groups in total. The van der Waals surface area contributed by atoms with Crippen molar-refractivity contribution in [2.24, 2.45) is 0 Å². The minimum Gasteiger partial charge on any atom is -0.388 e. The molecular weight excluding hydrogens is 300 g/mol. The number of hydrogen-bond donors (Lipinski definition) is 2. The van der Waals surface area contributed by atoms with Gasteiger partial charge in [0.1, 0.15) is 5.82 Å². The van der Waals surface area contributed by atoms with Gasteiger partial charge in [-0.1, -0.05) is 25.0 Å². The molecule has 1 aliphatic carbocycles. The molecule has 0 radical (unpaired) electrons. The molecule has 0 atom stereocenters. The smallest absolute Gasteiger partial charge is 0.163 e. The van der Waals surface area contributed by atoms with Crippen molar-refractivity contribution < 1.29 is 5.11 Å². The largest absolute Gasteiger partial charge is 0.388 e. The molecule has 2 heterocycles. The molecule has 1 saturated carbocycles. The van der Waals surface area contributed by atoms with Crippen LogP contribution in [0.5, 0.6) is 0 Å². The zero-order valence-corrected chi connectivity index (χ0v) is 13.4. The third-order valence-corrected chi connectivity index (χ3v) is 4.64.